The first-order chi connectivity index (χ1) is 13.2. The Kier molecular flexibility index (Phi) is 4.19. The SMILES string of the molecule is FC(F)c1nnc2n1CCC(CN1CCC(c3c[nH]c4ccccc34)C1)C2. The number of nitrogens with zero attached hydrogens (tertiary/aromatic N) is 4. The summed E-state index contributed by atoms with van der Waals surface area (Å²) in [4.78, 5) is 5.91. The van der Waals surface area contributed by atoms with Crippen LogP contribution in [0.25, 0.3) is 10.9 Å². The van der Waals surface area contributed by atoms with Crippen LogP contribution in [0.1, 0.15) is 42.4 Å². The summed E-state index contributed by atoms with van der Waals surface area (Å²) < 4.78 is 27.5. The maximum Gasteiger partial charge on any atom is 0.297 e. The average Bonchev–Trinajstić information content (AvgIpc) is 3.38. The number of H-pyrrole nitrogens is 1. The maximum absolute atomic E-state index is 13.0. The van der Waals surface area contributed by atoms with E-state index >= 15 is 0 Å². The first-order valence-electron chi connectivity index (χ1n) is 9.67. The molecule has 2 aliphatic heterocycles. The Balaban J connectivity index is 1.24. The molecule has 1 saturated heterocycles. The van der Waals surface area contributed by atoms with E-state index in [1.807, 2.05) is 0 Å². The van der Waals surface area contributed by atoms with Gasteiger partial charge >= 0.3 is 0 Å². The van der Waals surface area contributed by atoms with Crippen LogP contribution in [-0.4, -0.2) is 44.3 Å². The molecule has 5 rings (SSSR count). The van der Waals surface area contributed by atoms with Crippen molar-refractivity contribution in [3.05, 3.63) is 47.7 Å². The lowest BCUT2D eigenvalue weighted by Crippen LogP contribution is -2.32. The van der Waals surface area contributed by atoms with E-state index in [1.165, 1.54) is 22.9 Å². The number of likely N-dealkylation sites (tertiary alicyclic amines) is 1. The fraction of sp³-hybridized carbons (Fsp3) is 0.500. The van der Waals surface area contributed by atoms with Gasteiger partial charge in [-0.25, -0.2) is 8.78 Å². The van der Waals surface area contributed by atoms with Gasteiger partial charge in [0, 0.05) is 43.2 Å². The van der Waals surface area contributed by atoms with Crippen molar-refractivity contribution in [2.24, 2.45) is 5.92 Å². The molecule has 2 aliphatic rings. The number of hydrogen-bond donors (Lipinski definition) is 1. The number of benzene rings is 1. The van der Waals surface area contributed by atoms with Crippen LogP contribution in [0.4, 0.5) is 8.78 Å². The third-order valence-corrected chi connectivity index (χ3v) is 6.13. The topological polar surface area (TPSA) is 49.7 Å². The van der Waals surface area contributed by atoms with E-state index in [2.05, 4.69) is 50.5 Å². The van der Waals surface area contributed by atoms with Gasteiger partial charge in [-0.2, -0.15) is 0 Å². The standard InChI is InChI=1S/C20H23F2N5/c21-19(22)20-25-24-18-9-13(5-8-27(18)20)11-26-7-6-14(12-26)16-10-23-17-4-2-1-3-15(16)17/h1-4,10,13-14,19,23H,5-9,11-12H2. The van der Waals surface area contributed by atoms with Crippen molar-refractivity contribution in [2.75, 3.05) is 19.6 Å². The number of halogens is 2. The van der Waals surface area contributed by atoms with E-state index in [9.17, 15) is 8.78 Å². The van der Waals surface area contributed by atoms with Gasteiger partial charge in [-0.3, -0.25) is 0 Å². The van der Waals surface area contributed by atoms with Crippen molar-refractivity contribution in [3.63, 3.8) is 0 Å². The van der Waals surface area contributed by atoms with Gasteiger partial charge in [0.25, 0.3) is 6.43 Å². The number of hydrogen-bond acceptors (Lipinski definition) is 3. The van der Waals surface area contributed by atoms with Crippen molar-refractivity contribution in [2.45, 2.75) is 38.2 Å². The molecule has 0 radical (unpaired) electrons. The highest BCUT2D eigenvalue weighted by molar-refractivity contribution is 5.83. The molecule has 0 spiro atoms. The van der Waals surface area contributed by atoms with Gasteiger partial charge in [-0.15, -0.1) is 10.2 Å². The monoisotopic (exact) mass is 371 g/mol. The fourth-order valence-electron chi connectivity index (χ4n) is 4.78. The summed E-state index contributed by atoms with van der Waals surface area (Å²) in [6.07, 6.45) is 2.44. The first-order valence-corrected chi connectivity index (χ1v) is 9.67. The van der Waals surface area contributed by atoms with Crippen LogP contribution in [0.3, 0.4) is 0 Å². The molecule has 1 fully saturated rings. The van der Waals surface area contributed by atoms with E-state index in [1.54, 1.807) is 4.57 Å². The van der Waals surface area contributed by atoms with Crippen LogP contribution in [-0.2, 0) is 13.0 Å². The van der Waals surface area contributed by atoms with E-state index in [-0.39, 0.29) is 5.82 Å². The van der Waals surface area contributed by atoms with Gasteiger partial charge in [0.05, 0.1) is 0 Å². The zero-order valence-electron chi connectivity index (χ0n) is 15.1. The molecular weight excluding hydrogens is 348 g/mol. The van der Waals surface area contributed by atoms with E-state index in [4.69, 9.17) is 0 Å². The molecule has 7 heteroatoms. The first kappa shape index (κ1) is 16.9. The summed E-state index contributed by atoms with van der Waals surface area (Å²) >= 11 is 0. The van der Waals surface area contributed by atoms with Gasteiger partial charge in [-0.1, -0.05) is 18.2 Å². The predicted molar refractivity (Wildman–Crippen MR) is 98.9 cm³/mol. The van der Waals surface area contributed by atoms with Gasteiger partial charge in [0.1, 0.15) is 5.82 Å². The minimum Gasteiger partial charge on any atom is -0.361 e. The smallest absolute Gasteiger partial charge is 0.297 e. The van der Waals surface area contributed by atoms with Gasteiger partial charge in [-0.05, 0) is 42.9 Å². The largest absolute Gasteiger partial charge is 0.361 e. The van der Waals surface area contributed by atoms with Crippen molar-refractivity contribution >= 4 is 10.9 Å². The molecular formula is C20H23F2N5. The average molecular weight is 371 g/mol. The molecule has 0 aliphatic carbocycles. The molecule has 0 bridgehead atoms. The quantitative estimate of drug-likeness (QED) is 0.760. The number of rotatable bonds is 4. The van der Waals surface area contributed by atoms with Crippen LogP contribution in [0.5, 0.6) is 0 Å². The molecule has 0 saturated carbocycles. The number of aromatic nitrogens is 4. The highest BCUT2D eigenvalue weighted by atomic mass is 19.3. The summed E-state index contributed by atoms with van der Waals surface area (Å²) in [5.41, 5.74) is 2.62. The van der Waals surface area contributed by atoms with Crippen molar-refractivity contribution < 1.29 is 8.78 Å². The van der Waals surface area contributed by atoms with Crippen LogP contribution in [0, 0.1) is 5.92 Å². The molecule has 142 valence electrons. The van der Waals surface area contributed by atoms with E-state index < -0.39 is 6.43 Å². The van der Waals surface area contributed by atoms with Gasteiger partial charge < -0.3 is 14.5 Å². The summed E-state index contributed by atoms with van der Waals surface area (Å²) in [5.74, 6) is 1.56. The summed E-state index contributed by atoms with van der Waals surface area (Å²) in [6, 6.07) is 8.47. The lowest BCUT2D eigenvalue weighted by molar-refractivity contribution is 0.131. The normalized spacial score (nSPS) is 23.4. The minimum atomic E-state index is -2.54. The fourth-order valence-corrected chi connectivity index (χ4v) is 4.78. The van der Waals surface area contributed by atoms with Gasteiger partial charge in [0.2, 0.25) is 0 Å². The summed E-state index contributed by atoms with van der Waals surface area (Å²) in [7, 11) is 0. The molecule has 4 heterocycles. The molecule has 27 heavy (non-hydrogen) atoms. The van der Waals surface area contributed by atoms with E-state index in [0.29, 0.717) is 24.2 Å². The molecule has 5 nitrogen and oxygen atoms in total. The van der Waals surface area contributed by atoms with Crippen LogP contribution >= 0.6 is 0 Å². The van der Waals surface area contributed by atoms with Crippen LogP contribution in [0.15, 0.2) is 30.5 Å². The number of fused-ring (bicyclic) bond motifs is 2. The molecule has 1 aromatic carbocycles. The number of para-hydroxylation sites is 1. The Bertz CT molecular complexity index is 947. The molecule has 1 N–H and O–H groups in total. The molecule has 0 amide bonds. The zero-order chi connectivity index (χ0) is 18.4. The lowest BCUT2D eigenvalue weighted by atomic mass is 9.96. The number of aromatic amines is 1. The Hall–Kier alpha value is -2.28. The van der Waals surface area contributed by atoms with E-state index in [0.717, 1.165) is 32.5 Å². The van der Waals surface area contributed by atoms with Crippen molar-refractivity contribution in [1.29, 1.82) is 0 Å². The van der Waals surface area contributed by atoms with Crippen LogP contribution < -0.4 is 0 Å². The third-order valence-electron chi connectivity index (χ3n) is 6.13. The highest BCUT2D eigenvalue weighted by Gasteiger charge is 2.31. The Morgan fingerprint density at radius 1 is 1.15 bits per heavy atom. The minimum absolute atomic E-state index is 0.177. The van der Waals surface area contributed by atoms with Crippen LogP contribution in [0.2, 0.25) is 0 Å². The molecule has 2 aromatic heterocycles. The maximum atomic E-state index is 13.0. The number of nitrogens with one attached hydrogen (secondary N) is 1. The highest BCUT2D eigenvalue weighted by Crippen LogP contribution is 2.33. The molecule has 2 unspecified atom stereocenters. The Morgan fingerprint density at radius 2 is 2.04 bits per heavy atom. The molecule has 3 aromatic rings. The second-order valence-electron chi connectivity index (χ2n) is 7.82. The molecule has 2 atom stereocenters. The predicted octanol–water partition coefficient (Wildman–Crippen LogP) is 3.75. The Morgan fingerprint density at radius 3 is 2.93 bits per heavy atom. The second-order valence-corrected chi connectivity index (χ2v) is 7.82. The van der Waals surface area contributed by atoms with Crippen molar-refractivity contribution in [3.8, 4) is 0 Å². The lowest BCUT2D eigenvalue weighted by Gasteiger charge is -2.27. The summed E-state index contributed by atoms with van der Waals surface area (Å²) in [6.45, 7) is 3.77. The number of alkyl halides is 2. The third kappa shape index (κ3) is 3.04. The Labute approximate surface area is 156 Å². The zero-order valence-corrected chi connectivity index (χ0v) is 15.1. The second kappa shape index (κ2) is 6.71. The van der Waals surface area contributed by atoms with Gasteiger partial charge in [0.15, 0.2) is 5.82 Å². The van der Waals surface area contributed by atoms with Crippen molar-refractivity contribution in [1.82, 2.24) is 24.6 Å². The summed E-state index contributed by atoms with van der Waals surface area (Å²) in [5, 5.41) is 9.02.